The van der Waals surface area contributed by atoms with E-state index < -0.39 is 20.1 Å². The van der Waals surface area contributed by atoms with Crippen molar-refractivity contribution in [3.8, 4) is 28.0 Å². The first-order valence-corrected chi connectivity index (χ1v) is 18.0. The van der Waals surface area contributed by atoms with Gasteiger partial charge in [-0.15, -0.1) is 0 Å². The first-order chi connectivity index (χ1) is 22.2. The highest BCUT2D eigenvalue weighted by atomic mass is 32.2. The van der Waals surface area contributed by atoms with E-state index in [1.165, 1.54) is 16.4 Å². The topological polar surface area (TPSA) is 121 Å². The van der Waals surface area contributed by atoms with Crippen molar-refractivity contribution in [3.05, 3.63) is 109 Å². The van der Waals surface area contributed by atoms with E-state index in [2.05, 4.69) is 10.3 Å². The van der Waals surface area contributed by atoms with Crippen LogP contribution in [-0.4, -0.2) is 52.7 Å². The van der Waals surface area contributed by atoms with Gasteiger partial charge in [-0.3, -0.25) is 4.31 Å². The number of H-pyrrole nitrogens is 1. The molecule has 6 aromatic rings. The van der Waals surface area contributed by atoms with Crippen LogP contribution in [-0.2, 0) is 20.1 Å². The van der Waals surface area contributed by atoms with Gasteiger partial charge in [-0.25, -0.2) is 13.4 Å². The molecule has 0 spiro atoms. The molecule has 6 rings (SSSR count). The number of nitrogens with one attached hydrogen (secondary N) is 2. The van der Waals surface area contributed by atoms with E-state index in [1.54, 1.807) is 61.8 Å². The Kier molecular flexibility index (Phi) is 8.81. The quantitative estimate of drug-likeness (QED) is 0.113. The molecule has 236 valence electrons. The lowest BCUT2D eigenvalue weighted by Gasteiger charge is -2.20. The molecule has 0 aliphatic heterocycles. The maximum absolute atomic E-state index is 13.0. The van der Waals surface area contributed by atoms with Crippen molar-refractivity contribution in [3.63, 3.8) is 0 Å². The summed E-state index contributed by atoms with van der Waals surface area (Å²) in [6.45, 7) is 3.43. The summed E-state index contributed by atoms with van der Waals surface area (Å²) in [5.41, 5.74) is 5.51. The fourth-order valence-corrected chi connectivity index (χ4v) is 7.65. The van der Waals surface area contributed by atoms with Crippen molar-refractivity contribution in [2.24, 2.45) is 0 Å². The highest BCUT2D eigenvalue weighted by Crippen LogP contribution is 2.41. The second-order valence-electron chi connectivity index (χ2n) is 10.9. The number of fused-ring (bicyclic) bond motifs is 3. The second kappa shape index (κ2) is 13.0. The van der Waals surface area contributed by atoms with Crippen LogP contribution in [0.25, 0.3) is 44.2 Å². The minimum absolute atomic E-state index is 0.0515. The number of hydrogen-bond acceptors (Lipinski definition) is 7. The first kappa shape index (κ1) is 31.3. The molecule has 0 bridgehead atoms. The smallest absolute Gasteiger partial charge is 0.339 e. The van der Waals surface area contributed by atoms with Gasteiger partial charge in [-0.05, 0) is 73.1 Å². The van der Waals surface area contributed by atoms with Gasteiger partial charge in [-0.1, -0.05) is 67.6 Å². The van der Waals surface area contributed by atoms with Gasteiger partial charge >= 0.3 is 10.1 Å². The Morgan fingerprint density at radius 1 is 0.848 bits per heavy atom. The second-order valence-corrected chi connectivity index (χ2v) is 14.5. The van der Waals surface area contributed by atoms with Crippen LogP contribution in [0.5, 0.6) is 5.75 Å². The fraction of sp³-hybridized carbons (Fsp3) is 0.171. The van der Waals surface area contributed by atoms with Crippen molar-refractivity contribution >= 4 is 47.8 Å². The normalized spacial score (nSPS) is 12.0. The summed E-state index contributed by atoms with van der Waals surface area (Å²) in [4.78, 5) is 8.18. The summed E-state index contributed by atoms with van der Waals surface area (Å²) in [6.07, 6.45) is 2.33. The molecule has 0 saturated heterocycles. The van der Waals surface area contributed by atoms with Crippen LogP contribution in [0, 0.1) is 0 Å². The van der Waals surface area contributed by atoms with Crippen LogP contribution in [0.2, 0.25) is 0 Å². The highest BCUT2D eigenvalue weighted by Gasteiger charge is 2.22. The summed E-state index contributed by atoms with van der Waals surface area (Å²) in [5.74, 6) is 0.233. The third-order valence-corrected chi connectivity index (χ3v) is 11.0. The van der Waals surface area contributed by atoms with E-state index in [1.807, 2.05) is 49.4 Å². The molecule has 0 amide bonds. The van der Waals surface area contributed by atoms with Crippen LogP contribution in [0.3, 0.4) is 0 Å². The standard InChI is InChI=1S/C35H34N4O5S2/c1-3-36-21-10-22-45(40,41)39(2)27-17-15-25(16-18-27)31-24-37-35-34(33(31)26-11-6-4-7-12-26)30-23-28(19-20-32(30)38-35)44-46(42,43)29-13-8-5-9-14-29/h4-9,11-20,23-24,36H,3,10,21-22H2,1-2H3,(H,37,38). The lowest BCUT2D eigenvalue weighted by atomic mass is 9.92. The molecule has 0 fully saturated rings. The van der Waals surface area contributed by atoms with E-state index >= 15 is 0 Å². The molecule has 2 N–H and O–H groups in total. The number of aromatic nitrogens is 2. The zero-order valence-corrected chi connectivity index (χ0v) is 27.1. The zero-order valence-electron chi connectivity index (χ0n) is 25.5. The molecule has 0 aliphatic carbocycles. The Balaban J connectivity index is 1.42. The van der Waals surface area contributed by atoms with E-state index in [-0.39, 0.29) is 16.4 Å². The lowest BCUT2D eigenvalue weighted by molar-refractivity contribution is 0.486. The van der Waals surface area contributed by atoms with E-state index in [4.69, 9.17) is 9.17 Å². The molecule has 2 aromatic heterocycles. The van der Waals surface area contributed by atoms with Crippen LogP contribution in [0.15, 0.2) is 114 Å². The van der Waals surface area contributed by atoms with Crippen LogP contribution in [0.1, 0.15) is 13.3 Å². The zero-order chi connectivity index (χ0) is 32.3. The Morgan fingerprint density at radius 3 is 2.24 bits per heavy atom. The number of hydrogen-bond donors (Lipinski definition) is 2. The highest BCUT2D eigenvalue weighted by molar-refractivity contribution is 7.92. The van der Waals surface area contributed by atoms with Crippen molar-refractivity contribution in [2.75, 3.05) is 30.2 Å². The maximum Gasteiger partial charge on any atom is 0.339 e. The fourth-order valence-electron chi connectivity index (χ4n) is 5.48. The van der Waals surface area contributed by atoms with Gasteiger partial charge in [0, 0.05) is 40.7 Å². The van der Waals surface area contributed by atoms with Crippen LogP contribution >= 0.6 is 0 Å². The van der Waals surface area contributed by atoms with E-state index in [9.17, 15) is 16.8 Å². The SMILES string of the molecule is CCNCCCS(=O)(=O)N(C)c1ccc(-c2cnc3[nH]c4ccc(OS(=O)(=O)c5ccccc5)cc4c3c2-c2ccccc2)cc1. The molecule has 0 saturated carbocycles. The minimum Gasteiger partial charge on any atom is -0.379 e. The largest absolute Gasteiger partial charge is 0.379 e. The number of pyridine rings is 1. The van der Waals surface area contributed by atoms with Crippen molar-refractivity contribution < 1.29 is 21.0 Å². The Bertz CT molecular complexity index is 2200. The number of nitrogens with zero attached hydrogens (tertiary/aromatic N) is 2. The van der Waals surface area contributed by atoms with E-state index in [0.29, 0.717) is 24.3 Å². The van der Waals surface area contributed by atoms with Gasteiger partial charge < -0.3 is 14.5 Å². The van der Waals surface area contributed by atoms with Gasteiger partial charge in [0.2, 0.25) is 10.0 Å². The number of sulfonamides is 1. The summed E-state index contributed by atoms with van der Waals surface area (Å²) in [6, 6.07) is 30.4. The molecule has 0 radical (unpaired) electrons. The summed E-state index contributed by atoms with van der Waals surface area (Å²) >= 11 is 0. The van der Waals surface area contributed by atoms with Crippen LogP contribution < -0.4 is 13.8 Å². The summed E-state index contributed by atoms with van der Waals surface area (Å²) in [5, 5.41) is 4.72. The molecule has 46 heavy (non-hydrogen) atoms. The number of benzene rings is 4. The van der Waals surface area contributed by atoms with Gasteiger partial charge in [0.05, 0.1) is 11.4 Å². The van der Waals surface area contributed by atoms with Crippen molar-refractivity contribution in [1.29, 1.82) is 0 Å². The monoisotopic (exact) mass is 654 g/mol. The summed E-state index contributed by atoms with van der Waals surface area (Å²) in [7, 11) is -5.94. The summed E-state index contributed by atoms with van der Waals surface area (Å²) < 4.78 is 58.8. The van der Waals surface area contributed by atoms with Gasteiger partial charge in [-0.2, -0.15) is 8.42 Å². The van der Waals surface area contributed by atoms with Gasteiger partial charge in [0.25, 0.3) is 0 Å². The molecule has 2 heterocycles. The number of rotatable bonds is 12. The van der Waals surface area contributed by atoms with Crippen LogP contribution in [0.4, 0.5) is 5.69 Å². The molecule has 0 unspecified atom stereocenters. The minimum atomic E-state index is -4.04. The first-order valence-electron chi connectivity index (χ1n) is 14.9. The molecule has 4 aromatic carbocycles. The molecule has 0 aliphatic rings. The molecule has 9 nitrogen and oxygen atoms in total. The Hall–Kier alpha value is -4.71. The predicted molar refractivity (Wildman–Crippen MR) is 184 cm³/mol. The Morgan fingerprint density at radius 2 is 1.54 bits per heavy atom. The van der Waals surface area contributed by atoms with Gasteiger partial charge in [0.15, 0.2) is 0 Å². The molecule has 11 heteroatoms. The number of aromatic amines is 1. The predicted octanol–water partition coefficient (Wildman–Crippen LogP) is 6.58. The lowest BCUT2D eigenvalue weighted by Crippen LogP contribution is -2.30. The number of anilines is 1. The third-order valence-electron chi connectivity index (χ3n) is 7.86. The molecular weight excluding hydrogens is 621 g/mol. The molecular formula is C35H34N4O5S2. The van der Waals surface area contributed by atoms with E-state index in [0.717, 1.165) is 45.1 Å². The van der Waals surface area contributed by atoms with Gasteiger partial charge in [0.1, 0.15) is 16.3 Å². The third kappa shape index (κ3) is 6.34. The molecule has 0 atom stereocenters. The maximum atomic E-state index is 13.0. The average Bonchev–Trinajstić information content (AvgIpc) is 3.44. The van der Waals surface area contributed by atoms with Crippen molar-refractivity contribution in [2.45, 2.75) is 18.2 Å². The Labute approximate surface area is 269 Å². The van der Waals surface area contributed by atoms with Crippen molar-refractivity contribution in [1.82, 2.24) is 15.3 Å². The average molecular weight is 655 g/mol.